The van der Waals surface area contributed by atoms with Crippen molar-refractivity contribution in [2.75, 3.05) is 13.1 Å². The van der Waals surface area contributed by atoms with E-state index in [0.29, 0.717) is 0 Å². The van der Waals surface area contributed by atoms with Gasteiger partial charge in [-0.2, -0.15) is 0 Å². The van der Waals surface area contributed by atoms with Crippen molar-refractivity contribution >= 4 is 21.9 Å². The molecule has 0 aliphatic carbocycles. The average molecular weight is 284 g/mol. The smallest absolute Gasteiger partial charge is 0.317 e. The second-order valence-corrected chi connectivity index (χ2v) is 4.99. The van der Waals surface area contributed by atoms with Crippen LogP contribution in [0, 0.1) is 0 Å². The SMILES string of the molecule is O=C(O)CN1CCCC1c1ccc(Br)cc1. The Morgan fingerprint density at radius 3 is 2.75 bits per heavy atom. The number of carbonyl (C=O) groups is 1. The number of carboxylic acids is 1. The van der Waals surface area contributed by atoms with Crippen LogP contribution in [0.25, 0.3) is 0 Å². The zero-order chi connectivity index (χ0) is 11.5. The van der Waals surface area contributed by atoms with Gasteiger partial charge < -0.3 is 5.11 Å². The quantitative estimate of drug-likeness (QED) is 0.927. The number of rotatable bonds is 3. The van der Waals surface area contributed by atoms with E-state index in [1.165, 1.54) is 5.56 Å². The molecule has 1 fully saturated rings. The fourth-order valence-corrected chi connectivity index (χ4v) is 2.52. The van der Waals surface area contributed by atoms with Gasteiger partial charge in [-0.3, -0.25) is 9.69 Å². The number of hydrogen-bond donors (Lipinski definition) is 1. The number of halogens is 1. The monoisotopic (exact) mass is 283 g/mol. The van der Waals surface area contributed by atoms with E-state index in [2.05, 4.69) is 28.1 Å². The van der Waals surface area contributed by atoms with Crippen LogP contribution in [0.2, 0.25) is 0 Å². The topological polar surface area (TPSA) is 40.5 Å². The van der Waals surface area contributed by atoms with E-state index in [0.717, 1.165) is 23.9 Å². The number of benzene rings is 1. The molecule has 16 heavy (non-hydrogen) atoms. The number of nitrogens with zero attached hydrogens (tertiary/aromatic N) is 1. The predicted octanol–water partition coefficient (Wildman–Crippen LogP) is 2.67. The first-order chi connectivity index (χ1) is 7.66. The summed E-state index contributed by atoms with van der Waals surface area (Å²) in [7, 11) is 0. The van der Waals surface area contributed by atoms with Gasteiger partial charge >= 0.3 is 5.97 Å². The summed E-state index contributed by atoms with van der Waals surface area (Å²) in [5, 5.41) is 8.83. The van der Waals surface area contributed by atoms with Crippen LogP contribution >= 0.6 is 15.9 Å². The summed E-state index contributed by atoms with van der Waals surface area (Å²) in [5.74, 6) is -0.746. The van der Waals surface area contributed by atoms with Crippen LogP contribution in [0.1, 0.15) is 24.4 Å². The lowest BCUT2D eigenvalue weighted by Crippen LogP contribution is -2.29. The maximum absolute atomic E-state index is 10.7. The zero-order valence-electron chi connectivity index (χ0n) is 8.90. The van der Waals surface area contributed by atoms with Crippen LogP contribution in [0.4, 0.5) is 0 Å². The Labute approximate surface area is 103 Å². The Kier molecular flexibility index (Phi) is 3.61. The van der Waals surface area contributed by atoms with Gasteiger partial charge in [-0.15, -0.1) is 0 Å². The van der Waals surface area contributed by atoms with Crippen LogP contribution in [-0.4, -0.2) is 29.1 Å². The number of likely N-dealkylation sites (tertiary alicyclic amines) is 1. The first-order valence-corrected chi connectivity index (χ1v) is 6.17. The Morgan fingerprint density at radius 1 is 1.44 bits per heavy atom. The third-order valence-electron chi connectivity index (χ3n) is 2.96. The highest BCUT2D eigenvalue weighted by atomic mass is 79.9. The molecule has 1 N–H and O–H groups in total. The van der Waals surface area contributed by atoms with E-state index >= 15 is 0 Å². The minimum Gasteiger partial charge on any atom is -0.480 e. The second-order valence-electron chi connectivity index (χ2n) is 4.07. The molecule has 4 heteroatoms. The molecule has 0 amide bonds. The van der Waals surface area contributed by atoms with Crippen molar-refractivity contribution in [2.24, 2.45) is 0 Å². The van der Waals surface area contributed by atoms with Gasteiger partial charge in [0.1, 0.15) is 0 Å². The van der Waals surface area contributed by atoms with Crippen molar-refractivity contribution in [1.29, 1.82) is 0 Å². The lowest BCUT2D eigenvalue weighted by atomic mass is 10.0. The second kappa shape index (κ2) is 4.97. The number of hydrogen-bond acceptors (Lipinski definition) is 2. The van der Waals surface area contributed by atoms with Crippen molar-refractivity contribution < 1.29 is 9.90 Å². The van der Waals surface area contributed by atoms with Gasteiger partial charge in [0.05, 0.1) is 6.54 Å². The number of carboxylic acid groups (broad SMARTS) is 1. The Hall–Kier alpha value is -0.870. The maximum atomic E-state index is 10.7. The van der Waals surface area contributed by atoms with E-state index in [4.69, 9.17) is 5.11 Å². The van der Waals surface area contributed by atoms with E-state index in [1.807, 2.05) is 17.0 Å². The highest BCUT2D eigenvalue weighted by molar-refractivity contribution is 9.10. The predicted molar refractivity (Wildman–Crippen MR) is 65.3 cm³/mol. The third kappa shape index (κ3) is 2.62. The zero-order valence-corrected chi connectivity index (χ0v) is 10.5. The molecular formula is C12H14BrNO2. The number of aliphatic carboxylic acids is 1. The van der Waals surface area contributed by atoms with Crippen LogP contribution in [-0.2, 0) is 4.79 Å². The Bertz CT molecular complexity index is 377. The van der Waals surface area contributed by atoms with Crippen molar-refractivity contribution in [1.82, 2.24) is 4.90 Å². The van der Waals surface area contributed by atoms with Gasteiger partial charge in [-0.1, -0.05) is 28.1 Å². The average Bonchev–Trinajstić information content (AvgIpc) is 2.66. The molecule has 0 saturated carbocycles. The molecule has 1 atom stereocenters. The summed E-state index contributed by atoms with van der Waals surface area (Å²) in [4.78, 5) is 12.8. The van der Waals surface area contributed by atoms with Gasteiger partial charge in [0.15, 0.2) is 0 Å². The van der Waals surface area contributed by atoms with Gasteiger partial charge in [-0.05, 0) is 37.1 Å². The molecule has 0 radical (unpaired) electrons. The van der Waals surface area contributed by atoms with Crippen molar-refractivity contribution in [3.05, 3.63) is 34.3 Å². The van der Waals surface area contributed by atoms with Gasteiger partial charge in [0, 0.05) is 10.5 Å². The summed E-state index contributed by atoms with van der Waals surface area (Å²) in [6, 6.07) is 8.41. The lowest BCUT2D eigenvalue weighted by Gasteiger charge is -2.22. The molecule has 86 valence electrons. The van der Waals surface area contributed by atoms with E-state index in [-0.39, 0.29) is 12.6 Å². The van der Waals surface area contributed by atoms with Crippen LogP contribution in [0.3, 0.4) is 0 Å². The Balaban J connectivity index is 2.13. The molecule has 1 aliphatic heterocycles. The maximum Gasteiger partial charge on any atom is 0.317 e. The molecule has 0 aromatic heterocycles. The fraction of sp³-hybridized carbons (Fsp3) is 0.417. The van der Waals surface area contributed by atoms with Crippen molar-refractivity contribution in [3.63, 3.8) is 0 Å². The first kappa shape index (κ1) is 11.6. The summed E-state index contributed by atoms with van der Waals surface area (Å²) < 4.78 is 1.05. The molecule has 2 rings (SSSR count). The molecule has 1 aromatic carbocycles. The molecular weight excluding hydrogens is 270 g/mol. The van der Waals surface area contributed by atoms with E-state index in [1.54, 1.807) is 0 Å². The molecule has 1 unspecified atom stereocenters. The van der Waals surface area contributed by atoms with Crippen molar-refractivity contribution in [2.45, 2.75) is 18.9 Å². The molecule has 0 spiro atoms. The lowest BCUT2D eigenvalue weighted by molar-refractivity contribution is -0.138. The molecule has 0 bridgehead atoms. The largest absolute Gasteiger partial charge is 0.480 e. The van der Waals surface area contributed by atoms with Gasteiger partial charge in [0.2, 0.25) is 0 Å². The molecule has 1 aromatic rings. The highest BCUT2D eigenvalue weighted by Crippen LogP contribution is 2.31. The van der Waals surface area contributed by atoms with Crippen LogP contribution in [0.5, 0.6) is 0 Å². The highest BCUT2D eigenvalue weighted by Gasteiger charge is 2.27. The molecule has 1 saturated heterocycles. The Morgan fingerprint density at radius 2 is 2.12 bits per heavy atom. The van der Waals surface area contributed by atoms with Crippen molar-refractivity contribution in [3.8, 4) is 0 Å². The standard InChI is InChI=1S/C12H14BrNO2/c13-10-5-3-9(4-6-10)11-2-1-7-14(11)8-12(15)16/h3-6,11H,1-2,7-8H2,(H,15,16). The van der Waals surface area contributed by atoms with Crippen LogP contribution < -0.4 is 0 Å². The molecule has 3 nitrogen and oxygen atoms in total. The van der Waals surface area contributed by atoms with E-state index < -0.39 is 5.97 Å². The molecule has 1 aliphatic rings. The van der Waals surface area contributed by atoms with Gasteiger partial charge in [0.25, 0.3) is 0 Å². The minimum absolute atomic E-state index is 0.140. The normalized spacial score (nSPS) is 21.2. The first-order valence-electron chi connectivity index (χ1n) is 5.38. The van der Waals surface area contributed by atoms with Gasteiger partial charge in [-0.25, -0.2) is 0 Å². The minimum atomic E-state index is -0.746. The van der Waals surface area contributed by atoms with Crippen LogP contribution in [0.15, 0.2) is 28.7 Å². The van der Waals surface area contributed by atoms with E-state index in [9.17, 15) is 4.79 Å². The summed E-state index contributed by atoms with van der Waals surface area (Å²) >= 11 is 3.40. The molecule has 1 heterocycles. The summed E-state index contributed by atoms with van der Waals surface area (Å²) in [5.41, 5.74) is 1.21. The third-order valence-corrected chi connectivity index (χ3v) is 3.49. The summed E-state index contributed by atoms with van der Waals surface area (Å²) in [6.07, 6.45) is 2.13. The summed E-state index contributed by atoms with van der Waals surface area (Å²) in [6.45, 7) is 1.02. The fourth-order valence-electron chi connectivity index (χ4n) is 2.25.